The van der Waals surface area contributed by atoms with Crippen molar-refractivity contribution < 1.29 is 8.91 Å². The van der Waals surface area contributed by atoms with Gasteiger partial charge in [0.25, 0.3) is 0 Å². The average Bonchev–Trinajstić information content (AvgIpc) is 3.21. The molecule has 1 unspecified atom stereocenters. The molecular weight excluding hydrogens is 269 g/mol. The molecule has 1 aromatic carbocycles. The first-order chi connectivity index (χ1) is 10.2. The van der Waals surface area contributed by atoms with Crippen LogP contribution in [0, 0.1) is 18.7 Å². The van der Waals surface area contributed by atoms with Crippen LogP contribution in [0.1, 0.15) is 31.2 Å². The summed E-state index contributed by atoms with van der Waals surface area (Å²) in [6.45, 7) is 4.95. The molecule has 0 amide bonds. The molecule has 0 radical (unpaired) electrons. The minimum absolute atomic E-state index is 0.287. The first kappa shape index (κ1) is 14.2. The van der Waals surface area contributed by atoms with Gasteiger partial charge in [-0.15, -0.1) is 0 Å². The average molecular weight is 289 g/mol. The van der Waals surface area contributed by atoms with Gasteiger partial charge in [-0.1, -0.05) is 18.1 Å². The molecule has 1 aliphatic carbocycles. The zero-order chi connectivity index (χ0) is 14.8. The van der Waals surface area contributed by atoms with Crippen LogP contribution >= 0.6 is 0 Å². The van der Waals surface area contributed by atoms with Gasteiger partial charge in [-0.3, -0.25) is 0 Å². The molecule has 5 heteroatoms. The van der Waals surface area contributed by atoms with E-state index in [0.717, 1.165) is 24.4 Å². The number of aryl methyl sites for hydroxylation is 1. The SMILES string of the molecule is CCNC(Cc1nc(-c2cc(F)ccc2C)no1)C1CC1. The van der Waals surface area contributed by atoms with Crippen LogP contribution in [0.3, 0.4) is 0 Å². The van der Waals surface area contributed by atoms with Gasteiger partial charge < -0.3 is 9.84 Å². The summed E-state index contributed by atoms with van der Waals surface area (Å²) in [7, 11) is 0. The second kappa shape index (κ2) is 5.93. The zero-order valence-electron chi connectivity index (χ0n) is 12.4. The molecule has 0 spiro atoms. The Morgan fingerprint density at radius 3 is 2.95 bits per heavy atom. The van der Waals surface area contributed by atoms with Gasteiger partial charge in [-0.25, -0.2) is 4.39 Å². The molecule has 1 N–H and O–H groups in total. The highest BCUT2D eigenvalue weighted by Crippen LogP contribution is 2.34. The predicted molar refractivity (Wildman–Crippen MR) is 78.3 cm³/mol. The minimum atomic E-state index is -0.287. The molecular formula is C16H20FN3O. The highest BCUT2D eigenvalue weighted by atomic mass is 19.1. The third-order valence-corrected chi connectivity index (χ3v) is 3.96. The van der Waals surface area contributed by atoms with E-state index >= 15 is 0 Å². The number of rotatable bonds is 6. The van der Waals surface area contributed by atoms with Crippen LogP contribution in [0.25, 0.3) is 11.4 Å². The molecule has 2 aromatic rings. The summed E-state index contributed by atoms with van der Waals surface area (Å²) < 4.78 is 18.7. The maximum absolute atomic E-state index is 13.4. The predicted octanol–water partition coefficient (Wildman–Crippen LogP) is 3.11. The van der Waals surface area contributed by atoms with Gasteiger partial charge in [0.15, 0.2) is 0 Å². The van der Waals surface area contributed by atoms with Crippen molar-refractivity contribution in [2.45, 2.75) is 39.2 Å². The Bertz CT molecular complexity index is 622. The van der Waals surface area contributed by atoms with E-state index in [1.165, 1.54) is 25.0 Å². The highest BCUT2D eigenvalue weighted by molar-refractivity contribution is 5.59. The number of aromatic nitrogens is 2. The Morgan fingerprint density at radius 2 is 2.24 bits per heavy atom. The van der Waals surface area contributed by atoms with Crippen LogP contribution < -0.4 is 5.32 Å². The third kappa shape index (κ3) is 3.29. The first-order valence-electron chi connectivity index (χ1n) is 7.50. The number of hydrogen-bond donors (Lipinski definition) is 1. The summed E-state index contributed by atoms with van der Waals surface area (Å²) in [5.74, 6) is 1.52. The normalized spacial score (nSPS) is 16.1. The molecule has 1 aromatic heterocycles. The van der Waals surface area contributed by atoms with Gasteiger partial charge in [0.2, 0.25) is 11.7 Å². The molecule has 1 atom stereocenters. The quantitative estimate of drug-likeness (QED) is 0.887. The standard InChI is InChI=1S/C16H20FN3O/c1-3-18-14(11-5-6-11)9-15-19-16(20-21-15)13-8-12(17)7-4-10(13)2/h4,7-8,11,14,18H,3,5-6,9H2,1-2H3. The lowest BCUT2D eigenvalue weighted by Gasteiger charge is -2.14. The lowest BCUT2D eigenvalue weighted by Crippen LogP contribution is -2.33. The lowest BCUT2D eigenvalue weighted by atomic mass is 10.1. The largest absolute Gasteiger partial charge is 0.339 e. The van der Waals surface area contributed by atoms with E-state index in [-0.39, 0.29) is 5.82 Å². The summed E-state index contributed by atoms with van der Waals surface area (Å²) in [5, 5.41) is 7.48. The summed E-state index contributed by atoms with van der Waals surface area (Å²) in [6.07, 6.45) is 3.27. The Balaban J connectivity index is 1.77. The Morgan fingerprint density at radius 1 is 1.43 bits per heavy atom. The number of benzene rings is 1. The third-order valence-electron chi connectivity index (χ3n) is 3.96. The monoisotopic (exact) mass is 289 g/mol. The van der Waals surface area contributed by atoms with E-state index in [0.29, 0.717) is 23.3 Å². The molecule has 1 aliphatic rings. The number of halogens is 1. The van der Waals surface area contributed by atoms with Crippen LogP contribution in [-0.2, 0) is 6.42 Å². The minimum Gasteiger partial charge on any atom is -0.339 e. The van der Waals surface area contributed by atoms with Crippen LogP contribution in [0.15, 0.2) is 22.7 Å². The van der Waals surface area contributed by atoms with E-state index in [2.05, 4.69) is 22.4 Å². The first-order valence-corrected chi connectivity index (χ1v) is 7.50. The van der Waals surface area contributed by atoms with Gasteiger partial charge in [-0.2, -0.15) is 4.98 Å². The van der Waals surface area contributed by atoms with Gasteiger partial charge in [0, 0.05) is 18.0 Å². The Kier molecular flexibility index (Phi) is 4.01. The lowest BCUT2D eigenvalue weighted by molar-refractivity contribution is 0.348. The second-order valence-electron chi connectivity index (χ2n) is 5.68. The van der Waals surface area contributed by atoms with Gasteiger partial charge in [0.05, 0.1) is 0 Å². The molecule has 21 heavy (non-hydrogen) atoms. The molecule has 0 aliphatic heterocycles. The van der Waals surface area contributed by atoms with Crippen molar-refractivity contribution in [3.8, 4) is 11.4 Å². The number of nitrogens with one attached hydrogen (secondary N) is 1. The van der Waals surface area contributed by atoms with Crippen molar-refractivity contribution in [3.05, 3.63) is 35.5 Å². The Hall–Kier alpha value is -1.75. The molecule has 1 heterocycles. The topological polar surface area (TPSA) is 51.0 Å². The zero-order valence-corrected chi connectivity index (χ0v) is 12.4. The maximum atomic E-state index is 13.4. The molecule has 112 valence electrons. The van der Waals surface area contributed by atoms with E-state index in [4.69, 9.17) is 4.52 Å². The molecule has 0 saturated heterocycles. The molecule has 1 saturated carbocycles. The van der Waals surface area contributed by atoms with E-state index < -0.39 is 0 Å². The van der Waals surface area contributed by atoms with Gasteiger partial charge >= 0.3 is 0 Å². The van der Waals surface area contributed by atoms with Crippen molar-refractivity contribution >= 4 is 0 Å². The summed E-state index contributed by atoms with van der Waals surface area (Å²) in [4.78, 5) is 4.43. The molecule has 0 bridgehead atoms. The van der Waals surface area contributed by atoms with Crippen molar-refractivity contribution in [2.24, 2.45) is 5.92 Å². The van der Waals surface area contributed by atoms with Gasteiger partial charge in [-0.05, 0) is 49.9 Å². The van der Waals surface area contributed by atoms with E-state index in [9.17, 15) is 4.39 Å². The van der Waals surface area contributed by atoms with Crippen LogP contribution in [0.2, 0.25) is 0 Å². The van der Waals surface area contributed by atoms with Crippen LogP contribution in [0.4, 0.5) is 4.39 Å². The summed E-state index contributed by atoms with van der Waals surface area (Å²) >= 11 is 0. The van der Waals surface area contributed by atoms with Crippen LogP contribution in [-0.4, -0.2) is 22.7 Å². The Labute approximate surface area is 123 Å². The van der Waals surface area contributed by atoms with Crippen molar-refractivity contribution in [1.29, 1.82) is 0 Å². The van der Waals surface area contributed by atoms with Crippen molar-refractivity contribution in [3.63, 3.8) is 0 Å². The van der Waals surface area contributed by atoms with Crippen molar-refractivity contribution in [2.75, 3.05) is 6.54 Å². The number of hydrogen-bond acceptors (Lipinski definition) is 4. The van der Waals surface area contributed by atoms with E-state index in [1.54, 1.807) is 6.07 Å². The van der Waals surface area contributed by atoms with Gasteiger partial charge in [0.1, 0.15) is 5.82 Å². The number of nitrogens with zero attached hydrogens (tertiary/aromatic N) is 2. The fraction of sp³-hybridized carbons (Fsp3) is 0.500. The van der Waals surface area contributed by atoms with Crippen LogP contribution in [0.5, 0.6) is 0 Å². The second-order valence-corrected chi connectivity index (χ2v) is 5.68. The smallest absolute Gasteiger partial charge is 0.228 e. The molecule has 1 fully saturated rings. The fourth-order valence-electron chi connectivity index (χ4n) is 2.64. The van der Waals surface area contributed by atoms with E-state index in [1.807, 2.05) is 6.92 Å². The number of likely N-dealkylation sites (N-methyl/N-ethyl adjacent to an activating group) is 1. The molecule has 3 rings (SSSR count). The maximum Gasteiger partial charge on any atom is 0.228 e. The fourth-order valence-corrected chi connectivity index (χ4v) is 2.64. The molecule has 4 nitrogen and oxygen atoms in total. The highest BCUT2D eigenvalue weighted by Gasteiger charge is 2.32. The summed E-state index contributed by atoms with van der Waals surface area (Å²) in [5.41, 5.74) is 1.63. The van der Waals surface area contributed by atoms with Crippen molar-refractivity contribution in [1.82, 2.24) is 15.5 Å². The summed E-state index contributed by atoms with van der Waals surface area (Å²) in [6, 6.07) is 5.02.